The Morgan fingerprint density at radius 1 is 1.20 bits per heavy atom. The van der Waals surface area contributed by atoms with Crippen LogP contribution in [0.2, 0.25) is 0 Å². The van der Waals surface area contributed by atoms with Crippen LogP contribution in [0.3, 0.4) is 0 Å². The van der Waals surface area contributed by atoms with Crippen LogP contribution in [0.25, 0.3) is 0 Å². The van der Waals surface area contributed by atoms with Gasteiger partial charge >= 0.3 is 5.91 Å². The van der Waals surface area contributed by atoms with Crippen molar-refractivity contribution in [2.75, 3.05) is 12.4 Å². The molecule has 1 amide bonds. The minimum Gasteiger partial charge on any atom is -0.495 e. The van der Waals surface area contributed by atoms with Crippen molar-refractivity contribution in [2.45, 2.75) is 0 Å². The number of benzene rings is 2. The largest absolute Gasteiger partial charge is 0.495 e. The zero-order valence-corrected chi connectivity index (χ0v) is 12.4. The van der Waals surface area contributed by atoms with E-state index < -0.39 is 0 Å². The highest BCUT2D eigenvalue weighted by Crippen LogP contribution is 2.27. The maximum Gasteiger partial charge on any atom is 0.300 e. The highest BCUT2D eigenvalue weighted by atomic mass is 79.9. The summed E-state index contributed by atoms with van der Waals surface area (Å²) in [5.41, 5.74) is 1.37. The van der Waals surface area contributed by atoms with E-state index >= 15 is 0 Å². The number of hydrogen-bond donors (Lipinski definition) is 1. The first-order chi connectivity index (χ1) is 9.69. The van der Waals surface area contributed by atoms with Crippen LogP contribution in [0.5, 0.6) is 5.75 Å². The van der Waals surface area contributed by atoms with Crippen molar-refractivity contribution in [1.29, 1.82) is 0 Å². The van der Waals surface area contributed by atoms with Crippen molar-refractivity contribution < 1.29 is 9.53 Å². The van der Waals surface area contributed by atoms with Gasteiger partial charge < -0.3 is 10.1 Å². The van der Waals surface area contributed by atoms with Crippen LogP contribution >= 0.6 is 15.9 Å². The molecule has 0 atom stereocenters. The zero-order valence-electron chi connectivity index (χ0n) is 10.8. The van der Waals surface area contributed by atoms with Gasteiger partial charge in [-0.05, 0) is 30.3 Å². The standard InChI is InChI=1S/C16H12BrNO2/c1-20-15-9-8-13(17)11-14(15)18-16(19)10-7-12-5-3-2-4-6-12/h2-6,8-9,11H,1H3,(H,18,19). The molecule has 4 heteroatoms. The Kier molecular flexibility index (Phi) is 4.80. The topological polar surface area (TPSA) is 38.3 Å². The maximum atomic E-state index is 11.8. The molecule has 0 aliphatic heterocycles. The lowest BCUT2D eigenvalue weighted by Crippen LogP contribution is -2.09. The van der Waals surface area contributed by atoms with Crippen molar-refractivity contribution in [1.82, 2.24) is 0 Å². The van der Waals surface area contributed by atoms with Gasteiger partial charge in [0.25, 0.3) is 0 Å². The number of amides is 1. The molecule has 2 aromatic rings. The van der Waals surface area contributed by atoms with E-state index in [1.54, 1.807) is 19.2 Å². The number of nitrogens with one attached hydrogen (secondary N) is 1. The van der Waals surface area contributed by atoms with E-state index in [-0.39, 0.29) is 5.91 Å². The molecule has 0 aliphatic carbocycles. The number of rotatable bonds is 2. The van der Waals surface area contributed by atoms with E-state index in [0.29, 0.717) is 11.4 Å². The Bertz CT molecular complexity index is 672. The first-order valence-corrected chi connectivity index (χ1v) is 6.70. The van der Waals surface area contributed by atoms with E-state index in [0.717, 1.165) is 10.0 Å². The maximum absolute atomic E-state index is 11.8. The van der Waals surface area contributed by atoms with Crippen molar-refractivity contribution in [3.05, 3.63) is 58.6 Å². The molecule has 0 saturated heterocycles. The van der Waals surface area contributed by atoms with Crippen LogP contribution in [0.4, 0.5) is 5.69 Å². The molecule has 0 bridgehead atoms. The number of methoxy groups -OCH3 is 1. The summed E-state index contributed by atoms with van der Waals surface area (Å²) in [5.74, 6) is 5.55. The SMILES string of the molecule is COc1ccc(Br)cc1NC(=O)C#Cc1ccccc1. The third kappa shape index (κ3) is 3.87. The fourth-order valence-corrected chi connectivity index (χ4v) is 1.94. The van der Waals surface area contributed by atoms with E-state index in [2.05, 4.69) is 33.1 Å². The fourth-order valence-electron chi connectivity index (χ4n) is 1.58. The summed E-state index contributed by atoms with van der Waals surface area (Å²) in [5, 5.41) is 2.70. The molecule has 2 rings (SSSR count). The Morgan fingerprint density at radius 2 is 1.95 bits per heavy atom. The van der Waals surface area contributed by atoms with Gasteiger partial charge in [0, 0.05) is 16.0 Å². The average molecular weight is 330 g/mol. The molecule has 2 aromatic carbocycles. The Hall–Kier alpha value is -2.25. The van der Waals surface area contributed by atoms with Crippen LogP contribution in [0, 0.1) is 11.8 Å². The second kappa shape index (κ2) is 6.78. The summed E-state index contributed by atoms with van der Waals surface area (Å²) in [6, 6.07) is 14.7. The highest BCUT2D eigenvalue weighted by molar-refractivity contribution is 9.10. The fraction of sp³-hybridized carbons (Fsp3) is 0.0625. The van der Waals surface area contributed by atoms with Gasteiger partial charge in [-0.3, -0.25) is 4.79 Å². The molecule has 0 heterocycles. The molecule has 1 N–H and O–H groups in total. The quantitative estimate of drug-likeness (QED) is 0.857. The summed E-state index contributed by atoms with van der Waals surface area (Å²) in [7, 11) is 1.55. The lowest BCUT2D eigenvalue weighted by atomic mass is 10.2. The molecular weight excluding hydrogens is 318 g/mol. The third-order valence-corrected chi connectivity index (χ3v) is 3.00. The summed E-state index contributed by atoms with van der Waals surface area (Å²) in [6.45, 7) is 0. The molecule has 100 valence electrons. The van der Waals surface area contributed by atoms with Crippen LogP contribution < -0.4 is 10.1 Å². The first-order valence-electron chi connectivity index (χ1n) is 5.90. The first kappa shape index (κ1) is 14.2. The minimum absolute atomic E-state index is 0.384. The number of hydrogen-bond acceptors (Lipinski definition) is 2. The normalized spacial score (nSPS) is 9.30. The molecule has 0 aliphatic rings. The van der Waals surface area contributed by atoms with Gasteiger partial charge in [-0.1, -0.05) is 40.0 Å². The molecule has 0 aromatic heterocycles. The third-order valence-electron chi connectivity index (χ3n) is 2.50. The van der Waals surface area contributed by atoms with Crippen LogP contribution in [-0.4, -0.2) is 13.0 Å². The van der Waals surface area contributed by atoms with Crippen molar-refractivity contribution in [3.63, 3.8) is 0 Å². The van der Waals surface area contributed by atoms with Crippen LogP contribution in [-0.2, 0) is 4.79 Å². The molecule has 0 spiro atoms. The monoisotopic (exact) mass is 329 g/mol. The lowest BCUT2D eigenvalue weighted by Gasteiger charge is -2.08. The van der Waals surface area contributed by atoms with E-state index in [9.17, 15) is 4.79 Å². The van der Waals surface area contributed by atoms with Gasteiger partial charge in [0.05, 0.1) is 12.8 Å². The van der Waals surface area contributed by atoms with Gasteiger partial charge in [0.2, 0.25) is 0 Å². The van der Waals surface area contributed by atoms with E-state index in [1.165, 1.54) is 0 Å². The number of anilines is 1. The van der Waals surface area contributed by atoms with Crippen LogP contribution in [0.15, 0.2) is 53.0 Å². The number of carbonyl (C=O) groups is 1. The van der Waals surface area contributed by atoms with Crippen molar-refractivity contribution in [2.24, 2.45) is 0 Å². The summed E-state index contributed by atoms with van der Waals surface area (Å²) < 4.78 is 6.03. The predicted octanol–water partition coefficient (Wildman–Crippen LogP) is 3.45. The van der Waals surface area contributed by atoms with Gasteiger partial charge in [0.1, 0.15) is 5.75 Å². The van der Waals surface area contributed by atoms with E-state index in [1.807, 2.05) is 36.4 Å². The summed E-state index contributed by atoms with van der Waals surface area (Å²) in [6.07, 6.45) is 0. The molecule has 0 radical (unpaired) electrons. The highest BCUT2D eigenvalue weighted by Gasteiger charge is 2.06. The number of ether oxygens (including phenoxy) is 1. The number of carbonyl (C=O) groups excluding carboxylic acids is 1. The predicted molar refractivity (Wildman–Crippen MR) is 82.6 cm³/mol. The van der Waals surface area contributed by atoms with Gasteiger partial charge in [-0.15, -0.1) is 0 Å². The Labute approximate surface area is 126 Å². The second-order valence-corrected chi connectivity index (χ2v) is 4.83. The van der Waals surface area contributed by atoms with Gasteiger partial charge in [0.15, 0.2) is 0 Å². The second-order valence-electron chi connectivity index (χ2n) is 3.91. The molecule has 20 heavy (non-hydrogen) atoms. The van der Waals surface area contributed by atoms with E-state index in [4.69, 9.17) is 4.74 Å². The molecule has 0 fully saturated rings. The molecular formula is C16H12BrNO2. The van der Waals surface area contributed by atoms with Gasteiger partial charge in [-0.25, -0.2) is 0 Å². The summed E-state index contributed by atoms with van der Waals surface area (Å²) in [4.78, 5) is 11.8. The molecule has 0 unspecified atom stereocenters. The summed E-state index contributed by atoms with van der Waals surface area (Å²) >= 11 is 3.35. The molecule has 3 nitrogen and oxygen atoms in total. The van der Waals surface area contributed by atoms with Crippen molar-refractivity contribution >= 4 is 27.5 Å². The molecule has 0 saturated carbocycles. The van der Waals surface area contributed by atoms with Crippen LogP contribution in [0.1, 0.15) is 5.56 Å². The Balaban J connectivity index is 2.13. The minimum atomic E-state index is -0.384. The smallest absolute Gasteiger partial charge is 0.300 e. The van der Waals surface area contributed by atoms with Gasteiger partial charge in [-0.2, -0.15) is 0 Å². The van der Waals surface area contributed by atoms with Crippen molar-refractivity contribution in [3.8, 4) is 17.6 Å². The average Bonchev–Trinajstić information content (AvgIpc) is 2.46. The lowest BCUT2D eigenvalue weighted by molar-refractivity contribution is -0.111. The zero-order chi connectivity index (χ0) is 14.4. The Morgan fingerprint density at radius 3 is 2.65 bits per heavy atom. The number of halogens is 1.